The van der Waals surface area contributed by atoms with Crippen LogP contribution < -0.4 is 10.6 Å². The molecule has 2 N–H and O–H groups in total. The van der Waals surface area contributed by atoms with Crippen molar-refractivity contribution in [3.8, 4) is 0 Å². The lowest BCUT2D eigenvalue weighted by molar-refractivity contribution is 0.268. The number of hydrogen-bond donors (Lipinski definition) is 2. The largest absolute Gasteiger partial charge is 0.370 e. The van der Waals surface area contributed by atoms with E-state index in [-0.39, 0.29) is 5.54 Å². The number of rotatable bonds is 8. The topological polar surface area (TPSA) is 49.8 Å². The van der Waals surface area contributed by atoms with Gasteiger partial charge < -0.3 is 10.6 Å². The molecule has 0 saturated heterocycles. The van der Waals surface area contributed by atoms with E-state index >= 15 is 0 Å². The summed E-state index contributed by atoms with van der Waals surface area (Å²) in [5.74, 6) is 2.99. The Morgan fingerprint density at radius 2 is 1.76 bits per heavy atom. The maximum atomic E-state index is 4.78. The Morgan fingerprint density at radius 1 is 1.05 bits per heavy atom. The van der Waals surface area contributed by atoms with E-state index in [4.69, 9.17) is 9.97 Å². The van der Waals surface area contributed by atoms with Gasteiger partial charge in [-0.3, -0.25) is 0 Å². The smallest absolute Gasteiger partial charge is 0.135 e. The molecular formula is C17H30N4. The Bertz CT molecular complexity index is 461. The maximum absolute atomic E-state index is 4.78. The summed E-state index contributed by atoms with van der Waals surface area (Å²) in [6.45, 7) is 9.71. The number of aryl methyl sites for hydroxylation is 1. The molecule has 21 heavy (non-hydrogen) atoms. The number of nitrogens with one attached hydrogen (secondary N) is 2. The number of anilines is 2. The molecule has 0 bridgehead atoms. The lowest BCUT2D eigenvalue weighted by atomic mass is 9.75. The molecule has 0 spiro atoms. The first-order valence-electron chi connectivity index (χ1n) is 8.53. The molecule has 0 aliphatic heterocycles. The van der Waals surface area contributed by atoms with Gasteiger partial charge in [0, 0.05) is 24.1 Å². The van der Waals surface area contributed by atoms with Crippen LogP contribution in [-0.2, 0) is 6.42 Å². The lowest BCUT2D eigenvalue weighted by Crippen LogP contribution is -2.44. The Kier molecular flexibility index (Phi) is 5.43. The maximum Gasteiger partial charge on any atom is 0.135 e. The summed E-state index contributed by atoms with van der Waals surface area (Å²) in [4.78, 5) is 9.48. The van der Waals surface area contributed by atoms with Gasteiger partial charge in [-0.05, 0) is 45.4 Å². The zero-order valence-corrected chi connectivity index (χ0v) is 14.1. The third-order valence-corrected chi connectivity index (χ3v) is 4.58. The molecule has 1 aromatic rings. The van der Waals surface area contributed by atoms with Gasteiger partial charge in [-0.25, -0.2) is 9.97 Å². The minimum absolute atomic E-state index is 0.268. The summed E-state index contributed by atoms with van der Waals surface area (Å²) in [5, 5.41) is 7.18. The molecule has 0 amide bonds. The van der Waals surface area contributed by atoms with Crippen LogP contribution in [0.3, 0.4) is 0 Å². The fourth-order valence-corrected chi connectivity index (χ4v) is 2.86. The zero-order chi connectivity index (χ0) is 15.3. The number of nitrogens with zero attached hydrogens (tertiary/aromatic N) is 2. The summed E-state index contributed by atoms with van der Waals surface area (Å²) in [7, 11) is 0. The van der Waals surface area contributed by atoms with Crippen molar-refractivity contribution in [3.05, 3.63) is 11.4 Å². The van der Waals surface area contributed by atoms with Crippen molar-refractivity contribution in [1.82, 2.24) is 9.97 Å². The Labute approximate surface area is 129 Å². The van der Waals surface area contributed by atoms with Crippen LogP contribution in [0.5, 0.6) is 0 Å². The van der Waals surface area contributed by atoms with Crippen LogP contribution in [0.2, 0.25) is 0 Å². The predicted molar refractivity (Wildman–Crippen MR) is 90.0 cm³/mol. The van der Waals surface area contributed by atoms with E-state index in [2.05, 4.69) is 38.3 Å². The molecule has 0 aromatic carbocycles. The standard InChI is InChI=1S/C17H30N4/c1-5-9-14-19-15(18-12-6-2)13(4)16(20-14)21-17(7-3)10-8-11-17/h5-12H2,1-4H3,(H2,18,19,20,21). The molecule has 4 heteroatoms. The highest BCUT2D eigenvalue weighted by molar-refractivity contribution is 5.58. The van der Waals surface area contributed by atoms with Gasteiger partial charge in [0.2, 0.25) is 0 Å². The highest BCUT2D eigenvalue weighted by Gasteiger charge is 2.35. The molecule has 118 valence electrons. The molecule has 1 aliphatic carbocycles. The summed E-state index contributed by atoms with van der Waals surface area (Å²) < 4.78 is 0. The van der Waals surface area contributed by atoms with E-state index < -0.39 is 0 Å². The van der Waals surface area contributed by atoms with Gasteiger partial charge in [0.15, 0.2) is 0 Å². The van der Waals surface area contributed by atoms with E-state index in [1.54, 1.807) is 0 Å². The lowest BCUT2D eigenvalue weighted by Gasteiger charge is -2.42. The van der Waals surface area contributed by atoms with Crippen LogP contribution in [0.4, 0.5) is 11.6 Å². The number of aromatic nitrogens is 2. The summed E-state index contributed by atoms with van der Waals surface area (Å²) in [5.41, 5.74) is 1.42. The molecular weight excluding hydrogens is 260 g/mol. The van der Waals surface area contributed by atoms with Crippen LogP contribution in [0.25, 0.3) is 0 Å². The molecule has 1 fully saturated rings. The van der Waals surface area contributed by atoms with Crippen LogP contribution >= 0.6 is 0 Å². The van der Waals surface area contributed by atoms with E-state index in [0.29, 0.717) is 0 Å². The van der Waals surface area contributed by atoms with Crippen molar-refractivity contribution in [2.24, 2.45) is 0 Å². The molecule has 4 nitrogen and oxygen atoms in total. The monoisotopic (exact) mass is 290 g/mol. The average Bonchev–Trinajstić information content (AvgIpc) is 2.44. The molecule has 1 aliphatic rings. The minimum Gasteiger partial charge on any atom is -0.370 e. The van der Waals surface area contributed by atoms with E-state index in [1.165, 1.54) is 19.3 Å². The Morgan fingerprint density at radius 3 is 2.29 bits per heavy atom. The Hall–Kier alpha value is -1.32. The fraction of sp³-hybridized carbons (Fsp3) is 0.765. The molecule has 1 aromatic heterocycles. The second kappa shape index (κ2) is 7.10. The zero-order valence-electron chi connectivity index (χ0n) is 14.1. The third kappa shape index (κ3) is 3.66. The number of hydrogen-bond acceptors (Lipinski definition) is 4. The summed E-state index contributed by atoms with van der Waals surface area (Å²) >= 11 is 0. The van der Waals surface area contributed by atoms with Crippen LogP contribution in [0, 0.1) is 6.92 Å². The minimum atomic E-state index is 0.268. The molecule has 1 heterocycles. The second-order valence-corrected chi connectivity index (χ2v) is 6.25. The molecule has 0 atom stereocenters. The normalized spacial score (nSPS) is 16.4. The SMILES string of the molecule is CCCNc1nc(CCC)nc(NC2(CC)CCC2)c1C. The predicted octanol–water partition coefficient (Wildman–Crippen LogP) is 4.30. The quantitative estimate of drug-likeness (QED) is 0.749. The first kappa shape index (κ1) is 16.1. The first-order chi connectivity index (χ1) is 10.1. The van der Waals surface area contributed by atoms with Crippen molar-refractivity contribution in [2.75, 3.05) is 17.2 Å². The molecule has 2 rings (SSSR count). The van der Waals surface area contributed by atoms with Gasteiger partial charge in [0.1, 0.15) is 17.5 Å². The van der Waals surface area contributed by atoms with E-state index in [9.17, 15) is 0 Å². The Balaban J connectivity index is 2.26. The first-order valence-corrected chi connectivity index (χ1v) is 8.53. The van der Waals surface area contributed by atoms with Gasteiger partial charge in [-0.15, -0.1) is 0 Å². The summed E-state index contributed by atoms with van der Waals surface area (Å²) in [6.07, 6.45) is 8.13. The second-order valence-electron chi connectivity index (χ2n) is 6.25. The van der Waals surface area contributed by atoms with Gasteiger partial charge >= 0.3 is 0 Å². The molecule has 1 saturated carbocycles. The van der Waals surface area contributed by atoms with E-state index in [0.717, 1.165) is 55.3 Å². The average molecular weight is 290 g/mol. The summed E-state index contributed by atoms with van der Waals surface area (Å²) in [6, 6.07) is 0. The molecule has 0 radical (unpaired) electrons. The molecule has 0 unspecified atom stereocenters. The van der Waals surface area contributed by atoms with Gasteiger partial charge in [-0.1, -0.05) is 20.8 Å². The van der Waals surface area contributed by atoms with Crippen LogP contribution in [0.1, 0.15) is 70.7 Å². The third-order valence-electron chi connectivity index (χ3n) is 4.58. The van der Waals surface area contributed by atoms with Crippen molar-refractivity contribution in [1.29, 1.82) is 0 Å². The highest BCUT2D eigenvalue weighted by Crippen LogP contribution is 2.38. The fourth-order valence-electron chi connectivity index (χ4n) is 2.86. The van der Waals surface area contributed by atoms with Gasteiger partial charge in [0.25, 0.3) is 0 Å². The van der Waals surface area contributed by atoms with Gasteiger partial charge in [-0.2, -0.15) is 0 Å². The highest BCUT2D eigenvalue weighted by atomic mass is 15.1. The van der Waals surface area contributed by atoms with Crippen LogP contribution in [-0.4, -0.2) is 22.1 Å². The van der Waals surface area contributed by atoms with Crippen molar-refractivity contribution in [3.63, 3.8) is 0 Å². The van der Waals surface area contributed by atoms with Crippen molar-refractivity contribution in [2.45, 2.75) is 78.2 Å². The van der Waals surface area contributed by atoms with Crippen LogP contribution in [0.15, 0.2) is 0 Å². The van der Waals surface area contributed by atoms with E-state index in [1.807, 2.05) is 0 Å². The van der Waals surface area contributed by atoms with Crippen molar-refractivity contribution >= 4 is 11.6 Å². The van der Waals surface area contributed by atoms with Gasteiger partial charge in [0.05, 0.1) is 0 Å². The van der Waals surface area contributed by atoms with Crippen molar-refractivity contribution < 1.29 is 0 Å².